The number of fused-ring (bicyclic) bond motifs is 1. The van der Waals surface area contributed by atoms with E-state index in [1.165, 1.54) is 0 Å². The second kappa shape index (κ2) is 5.66. The van der Waals surface area contributed by atoms with Crippen LogP contribution in [-0.2, 0) is 10.0 Å². The van der Waals surface area contributed by atoms with E-state index in [4.69, 9.17) is 5.73 Å². The second-order valence-corrected chi connectivity index (χ2v) is 7.59. The molecule has 0 heterocycles. The molecule has 0 aliphatic rings. The molecule has 0 spiro atoms. The van der Waals surface area contributed by atoms with Gasteiger partial charge in [-0.25, -0.2) is 13.1 Å². The summed E-state index contributed by atoms with van der Waals surface area (Å²) in [5, 5.41) is 1.41. The minimum absolute atomic E-state index is 0.275. The number of hydrogen-bond donors (Lipinski definition) is 2. The zero-order valence-corrected chi connectivity index (χ0v) is 13.5. The first kappa shape index (κ1) is 15.8. The summed E-state index contributed by atoms with van der Waals surface area (Å²) in [6.45, 7) is 5.83. The van der Waals surface area contributed by atoms with Crippen LogP contribution in [0.3, 0.4) is 0 Å². The van der Waals surface area contributed by atoms with Gasteiger partial charge in [0.05, 0.1) is 4.90 Å². The highest BCUT2D eigenvalue weighted by atomic mass is 32.2. The molecule has 21 heavy (non-hydrogen) atoms. The molecule has 0 saturated carbocycles. The lowest BCUT2D eigenvalue weighted by Gasteiger charge is -2.25. The maximum atomic E-state index is 12.7. The van der Waals surface area contributed by atoms with Crippen LogP contribution in [0.2, 0.25) is 0 Å². The number of anilines is 1. The van der Waals surface area contributed by atoms with Gasteiger partial charge in [-0.05, 0) is 32.4 Å². The van der Waals surface area contributed by atoms with E-state index in [-0.39, 0.29) is 4.90 Å². The number of nitrogen functional groups attached to an aromatic ring is 1. The molecule has 2 rings (SSSR count). The van der Waals surface area contributed by atoms with Crippen LogP contribution in [0.15, 0.2) is 41.3 Å². The highest BCUT2D eigenvalue weighted by Crippen LogP contribution is 2.28. The van der Waals surface area contributed by atoms with Crippen molar-refractivity contribution in [1.29, 1.82) is 0 Å². The van der Waals surface area contributed by atoms with E-state index >= 15 is 0 Å². The third kappa shape index (κ3) is 3.36. The smallest absolute Gasteiger partial charge is 0.241 e. The number of nitrogens with two attached hydrogens (primary N) is 1. The minimum atomic E-state index is -3.59. The van der Waals surface area contributed by atoms with Crippen molar-refractivity contribution in [3.8, 4) is 0 Å². The topological polar surface area (TPSA) is 72.2 Å². The van der Waals surface area contributed by atoms with Gasteiger partial charge in [0.2, 0.25) is 10.0 Å². The first-order valence-corrected chi connectivity index (χ1v) is 8.56. The molecule has 5 heteroatoms. The zero-order chi connectivity index (χ0) is 15.7. The number of rotatable bonds is 5. The summed E-state index contributed by atoms with van der Waals surface area (Å²) in [6.07, 6.45) is 1.69. The maximum Gasteiger partial charge on any atom is 0.241 e. The maximum absolute atomic E-state index is 12.7. The van der Waals surface area contributed by atoms with E-state index in [0.717, 1.165) is 18.2 Å². The lowest BCUT2D eigenvalue weighted by atomic mass is 10.0. The van der Waals surface area contributed by atoms with Gasteiger partial charge in [-0.1, -0.05) is 37.6 Å². The highest BCUT2D eigenvalue weighted by Gasteiger charge is 2.26. The van der Waals surface area contributed by atoms with Crippen LogP contribution < -0.4 is 10.5 Å². The van der Waals surface area contributed by atoms with Gasteiger partial charge in [-0.3, -0.25) is 0 Å². The Kier molecular flexibility index (Phi) is 4.25. The standard InChI is InChI=1S/C16H22N2O2S/c1-4-11-16(2,3)18-21(19,20)15-10-9-14(17)12-7-5-6-8-13(12)15/h5-10,18H,4,11,17H2,1-3H3. The lowest BCUT2D eigenvalue weighted by Crippen LogP contribution is -2.43. The van der Waals surface area contributed by atoms with Gasteiger partial charge in [0.1, 0.15) is 0 Å². The van der Waals surface area contributed by atoms with Gasteiger partial charge in [-0.2, -0.15) is 0 Å². The molecule has 0 amide bonds. The minimum Gasteiger partial charge on any atom is -0.398 e. The summed E-state index contributed by atoms with van der Waals surface area (Å²) in [4.78, 5) is 0.275. The van der Waals surface area contributed by atoms with E-state index in [1.54, 1.807) is 18.2 Å². The molecule has 2 aromatic carbocycles. The Labute approximate surface area is 126 Å². The van der Waals surface area contributed by atoms with Crippen molar-refractivity contribution in [2.45, 2.75) is 44.0 Å². The van der Waals surface area contributed by atoms with Crippen molar-refractivity contribution in [2.24, 2.45) is 0 Å². The molecule has 114 valence electrons. The van der Waals surface area contributed by atoms with E-state index in [2.05, 4.69) is 4.72 Å². The molecule has 4 nitrogen and oxygen atoms in total. The first-order chi connectivity index (χ1) is 9.77. The fourth-order valence-corrected chi connectivity index (χ4v) is 4.28. The van der Waals surface area contributed by atoms with Crippen molar-refractivity contribution in [2.75, 3.05) is 5.73 Å². The van der Waals surface area contributed by atoms with Gasteiger partial charge in [0, 0.05) is 22.0 Å². The molecule has 3 N–H and O–H groups in total. The Balaban J connectivity index is 2.54. The van der Waals surface area contributed by atoms with E-state index in [1.807, 2.05) is 39.0 Å². The van der Waals surface area contributed by atoms with Gasteiger partial charge >= 0.3 is 0 Å². The molecular weight excluding hydrogens is 284 g/mol. The lowest BCUT2D eigenvalue weighted by molar-refractivity contribution is 0.418. The summed E-state index contributed by atoms with van der Waals surface area (Å²) in [5.74, 6) is 0. The van der Waals surface area contributed by atoms with E-state index in [9.17, 15) is 8.42 Å². The number of hydrogen-bond acceptors (Lipinski definition) is 3. The average Bonchev–Trinajstić information content (AvgIpc) is 2.37. The van der Waals surface area contributed by atoms with Gasteiger partial charge in [0.25, 0.3) is 0 Å². The van der Waals surface area contributed by atoms with Crippen LogP contribution in [0.4, 0.5) is 5.69 Å². The van der Waals surface area contributed by atoms with Crippen molar-refractivity contribution in [1.82, 2.24) is 4.72 Å². The van der Waals surface area contributed by atoms with Crippen molar-refractivity contribution >= 4 is 26.5 Å². The number of nitrogens with one attached hydrogen (secondary N) is 1. The fourth-order valence-electron chi connectivity index (χ4n) is 2.62. The van der Waals surface area contributed by atoms with Gasteiger partial charge in [0.15, 0.2) is 0 Å². The predicted octanol–water partition coefficient (Wildman–Crippen LogP) is 3.28. The highest BCUT2D eigenvalue weighted by molar-refractivity contribution is 7.89. The molecule has 0 aliphatic heterocycles. The van der Waals surface area contributed by atoms with Crippen LogP contribution in [0.25, 0.3) is 10.8 Å². The van der Waals surface area contributed by atoms with Crippen LogP contribution in [-0.4, -0.2) is 14.0 Å². The Morgan fingerprint density at radius 2 is 1.71 bits per heavy atom. The Morgan fingerprint density at radius 3 is 2.33 bits per heavy atom. The number of benzene rings is 2. The van der Waals surface area contributed by atoms with Crippen LogP contribution in [0.5, 0.6) is 0 Å². The van der Waals surface area contributed by atoms with Crippen LogP contribution in [0.1, 0.15) is 33.6 Å². The van der Waals surface area contributed by atoms with Crippen LogP contribution in [0, 0.1) is 0 Å². The van der Waals surface area contributed by atoms with Crippen LogP contribution >= 0.6 is 0 Å². The molecule has 0 saturated heterocycles. The molecule has 0 aliphatic carbocycles. The van der Waals surface area contributed by atoms with E-state index in [0.29, 0.717) is 11.1 Å². The van der Waals surface area contributed by atoms with Crippen molar-refractivity contribution < 1.29 is 8.42 Å². The second-order valence-electron chi connectivity index (χ2n) is 5.94. The molecule has 0 aromatic heterocycles. The normalized spacial score (nSPS) is 12.7. The average molecular weight is 306 g/mol. The quantitative estimate of drug-likeness (QED) is 0.833. The summed E-state index contributed by atoms with van der Waals surface area (Å²) < 4.78 is 28.2. The van der Waals surface area contributed by atoms with E-state index < -0.39 is 15.6 Å². The molecule has 0 atom stereocenters. The summed E-state index contributed by atoms with van der Waals surface area (Å²) >= 11 is 0. The summed E-state index contributed by atoms with van der Waals surface area (Å²) in [5.41, 5.74) is 6.03. The molecule has 2 aromatic rings. The predicted molar refractivity (Wildman–Crippen MR) is 87.7 cm³/mol. The molecule has 0 radical (unpaired) electrons. The SMILES string of the molecule is CCCC(C)(C)NS(=O)(=O)c1ccc(N)c2ccccc12. The third-order valence-corrected chi connectivity index (χ3v) is 5.25. The Morgan fingerprint density at radius 1 is 1.10 bits per heavy atom. The summed E-state index contributed by atoms with van der Waals surface area (Å²) in [7, 11) is -3.59. The largest absolute Gasteiger partial charge is 0.398 e. The van der Waals surface area contributed by atoms with Gasteiger partial charge < -0.3 is 5.73 Å². The molecule has 0 fully saturated rings. The molecular formula is C16H22N2O2S. The van der Waals surface area contributed by atoms with Crippen molar-refractivity contribution in [3.63, 3.8) is 0 Å². The Hall–Kier alpha value is -1.59. The fraction of sp³-hybridized carbons (Fsp3) is 0.375. The molecule has 0 bridgehead atoms. The first-order valence-electron chi connectivity index (χ1n) is 7.08. The van der Waals surface area contributed by atoms with Crippen molar-refractivity contribution in [3.05, 3.63) is 36.4 Å². The summed E-state index contributed by atoms with van der Waals surface area (Å²) in [6, 6.07) is 10.5. The third-order valence-electron chi connectivity index (χ3n) is 3.49. The van der Waals surface area contributed by atoms with Gasteiger partial charge in [-0.15, -0.1) is 0 Å². The Bertz CT molecular complexity index is 752. The monoisotopic (exact) mass is 306 g/mol. The number of sulfonamides is 1. The molecule has 0 unspecified atom stereocenters. The zero-order valence-electron chi connectivity index (χ0n) is 12.7.